The zero-order chi connectivity index (χ0) is 9.97. The standard InChI is InChI=1S/C12H16FN/c1-2-12-11(7-8-14-12)9-3-5-10(13)6-4-9/h3-6,11-12,14H,2,7-8H2,1H3. The highest BCUT2D eigenvalue weighted by atomic mass is 19.1. The van der Waals surface area contributed by atoms with Crippen molar-refractivity contribution in [3.05, 3.63) is 35.6 Å². The monoisotopic (exact) mass is 193 g/mol. The Morgan fingerprint density at radius 2 is 2.07 bits per heavy atom. The van der Waals surface area contributed by atoms with Gasteiger partial charge in [0.05, 0.1) is 0 Å². The molecule has 0 aromatic heterocycles. The van der Waals surface area contributed by atoms with Crippen molar-refractivity contribution >= 4 is 0 Å². The molecule has 1 aromatic rings. The molecule has 1 aromatic carbocycles. The molecule has 2 rings (SSSR count). The zero-order valence-electron chi connectivity index (χ0n) is 8.46. The van der Waals surface area contributed by atoms with Gasteiger partial charge in [0.25, 0.3) is 0 Å². The van der Waals surface area contributed by atoms with Crippen molar-refractivity contribution in [1.82, 2.24) is 5.32 Å². The molecule has 0 spiro atoms. The largest absolute Gasteiger partial charge is 0.313 e. The Hall–Kier alpha value is -0.890. The molecule has 2 atom stereocenters. The fourth-order valence-corrected chi connectivity index (χ4v) is 2.31. The molecule has 1 fully saturated rings. The van der Waals surface area contributed by atoms with E-state index in [0.29, 0.717) is 12.0 Å². The van der Waals surface area contributed by atoms with Gasteiger partial charge in [-0.1, -0.05) is 19.1 Å². The van der Waals surface area contributed by atoms with E-state index in [1.165, 1.54) is 12.0 Å². The summed E-state index contributed by atoms with van der Waals surface area (Å²) in [7, 11) is 0. The molecule has 1 nitrogen and oxygen atoms in total. The fraction of sp³-hybridized carbons (Fsp3) is 0.500. The second-order valence-corrected chi connectivity index (χ2v) is 3.92. The normalized spacial score (nSPS) is 26.7. The van der Waals surface area contributed by atoms with Crippen molar-refractivity contribution in [3.63, 3.8) is 0 Å². The van der Waals surface area contributed by atoms with Gasteiger partial charge in [-0.3, -0.25) is 0 Å². The van der Waals surface area contributed by atoms with Crippen molar-refractivity contribution in [1.29, 1.82) is 0 Å². The van der Waals surface area contributed by atoms with Crippen LogP contribution in [-0.2, 0) is 0 Å². The first-order chi connectivity index (χ1) is 6.81. The Morgan fingerprint density at radius 1 is 1.36 bits per heavy atom. The molecular formula is C12H16FN. The summed E-state index contributed by atoms with van der Waals surface area (Å²) in [4.78, 5) is 0. The molecule has 0 bridgehead atoms. The SMILES string of the molecule is CCC1NCCC1c1ccc(F)cc1. The smallest absolute Gasteiger partial charge is 0.123 e. The summed E-state index contributed by atoms with van der Waals surface area (Å²) in [6, 6.07) is 7.51. The third-order valence-corrected chi connectivity index (χ3v) is 3.09. The summed E-state index contributed by atoms with van der Waals surface area (Å²) in [6.45, 7) is 3.28. The molecule has 0 saturated carbocycles. The van der Waals surface area contributed by atoms with Crippen LogP contribution in [0.4, 0.5) is 4.39 Å². The van der Waals surface area contributed by atoms with Crippen LogP contribution in [0.1, 0.15) is 31.2 Å². The molecule has 1 heterocycles. The van der Waals surface area contributed by atoms with Gasteiger partial charge in [-0.15, -0.1) is 0 Å². The van der Waals surface area contributed by atoms with Crippen molar-refractivity contribution in [2.75, 3.05) is 6.54 Å². The lowest BCUT2D eigenvalue weighted by Crippen LogP contribution is -2.24. The fourth-order valence-electron chi connectivity index (χ4n) is 2.31. The van der Waals surface area contributed by atoms with Crippen LogP contribution in [0.5, 0.6) is 0 Å². The van der Waals surface area contributed by atoms with E-state index >= 15 is 0 Å². The van der Waals surface area contributed by atoms with E-state index in [0.717, 1.165) is 13.0 Å². The maximum absolute atomic E-state index is 12.7. The van der Waals surface area contributed by atoms with Gasteiger partial charge in [0.2, 0.25) is 0 Å². The minimum absolute atomic E-state index is 0.146. The topological polar surface area (TPSA) is 12.0 Å². The molecule has 2 heteroatoms. The lowest BCUT2D eigenvalue weighted by atomic mass is 9.91. The molecule has 14 heavy (non-hydrogen) atoms. The Kier molecular flexibility index (Phi) is 2.82. The number of benzene rings is 1. The Balaban J connectivity index is 2.17. The number of hydrogen-bond acceptors (Lipinski definition) is 1. The Bertz CT molecular complexity index is 294. The highest BCUT2D eigenvalue weighted by molar-refractivity contribution is 5.23. The van der Waals surface area contributed by atoms with Gasteiger partial charge in [0, 0.05) is 12.0 Å². The van der Waals surface area contributed by atoms with E-state index < -0.39 is 0 Å². The van der Waals surface area contributed by atoms with Crippen LogP contribution in [0.2, 0.25) is 0 Å². The first-order valence-corrected chi connectivity index (χ1v) is 5.30. The summed E-state index contributed by atoms with van der Waals surface area (Å²) < 4.78 is 12.7. The highest BCUT2D eigenvalue weighted by Crippen LogP contribution is 2.29. The van der Waals surface area contributed by atoms with Gasteiger partial charge in [-0.05, 0) is 37.1 Å². The predicted octanol–water partition coefficient (Wildman–Crippen LogP) is 2.68. The molecule has 76 valence electrons. The van der Waals surface area contributed by atoms with Crippen LogP contribution in [-0.4, -0.2) is 12.6 Å². The van der Waals surface area contributed by atoms with Gasteiger partial charge < -0.3 is 5.32 Å². The van der Waals surface area contributed by atoms with Gasteiger partial charge in [0.1, 0.15) is 5.82 Å². The summed E-state index contributed by atoms with van der Waals surface area (Å²) in [5.74, 6) is 0.424. The van der Waals surface area contributed by atoms with Gasteiger partial charge in [0.15, 0.2) is 0 Å². The zero-order valence-corrected chi connectivity index (χ0v) is 8.46. The van der Waals surface area contributed by atoms with Crippen LogP contribution >= 0.6 is 0 Å². The average molecular weight is 193 g/mol. The molecule has 0 radical (unpaired) electrons. The van der Waals surface area contributed by atoms with Crippen molar-refractivity contribution < 1.29 is 4.39 Å². The first kappa shape index (κ1) is 9.66. The third kappa shape index (κ3) is 1.80. The van der Waals surface area contributed by atoms with Crippen LogP contribution in [0, 0.1) is 5.82 Å². The van der Waals surface area contributed by atoms with Crippen LogP contribution in [0.3, 0.4) is 0 Å². The summed E-state index contributed by atoms with van der Waals surface area (Å²) >= 11 is 0. The van der Waals surface area contributed by atoms with Crippen molar-refractivity contribution in [2.45, 2.75) is 31.7 Å². The minimum atomic E-state index is -0.146. The van der Waals surface area contributed by atoms with E-state index in [1.54, 1.807) is 12.1 Å². The second-order valence-electron chi connectivity index (χ2n) is 3.92. The summed E-state index contributed by atoms with van der Waals surface area (Å²) in [5.41, 5.74) is 1.27. The van der Waals surface area contributed by atoms with Crippen LogP contribution < -0.4 is 5.32 Å². The quantitative estimate of drug-likeness (QED) is 0.761. The van der Waals surface area contributed by atoms with Crippen molar-refractivity contribution in [2.24, 2.45) is 0 Å². The Labute approximate surface area is 84.3 Å². The predicted molar refractivity (Wildman–Crippen MR) is 55.8 cm³/mol. The van der Waals surface area contributed by atoms with Crippen molar-refractivity contribution in [3.8, 4) is 0 Å². The average Bonchev–Trinajstić information content (AvgIpc) is 2.67. The lowest BCUT2D eigenvalue weighted by Gasteiger charge is -2.17. The number of nitrogens with one attached hydrogen (secondary N) is 1. The molecule has 1 aliphatic heterocycles. The van der Waals surface area contributed by atoms with Gasteiger partial charge in [-0.2, -0.15) is 0 Å². The molecule has 0 amide bonds. The molecular weight excluding hydrogens is 177 g/mol. The minimum Gasteiger partial charge on any atom is -0.313 e. The number of hydrogen-bond donors (Lipinski definition) is 1. The maximum atomic E-state index is 12.7. The third-order valence-electron chi connectivity index (χ3n) is 3.09. The van der Waals surface area contributed by atoms with Gasteiger partial charge >= 0.3 is 0 Å². The number of halogens is 1. The van der Waals surface area contributed by atoms with Crippen LogP contribution in [0.15, 0.2) is 24.3 Å². The van der Waals surface area contributed by atoms with E-state index in [1.807, 2.05) is 12.1 Å². The second kappa shape index (κ2) is 4.09. The van der Waals surface area contributed by atoms with E-state index in [4.69, 9.17) is 0 Å². The molecule has 0 aliphatic carbocycles. The molecule has 1 saturated heterocycles. The maximum Gasteiger partial charge on any atom is 0.123 e. The molecule has 2 unspecified atom stereocenters. The summed E-state index contributed by atoms with van der Waals surface area (Å²) in [6.07, 6.45) is 2.31. The Morgan fingerprint density at radius 3 is 2.71 bits per heavy atom. The van der Waals surface area contributed by atoms with E-state index in [9.17, 15) is 4.39 Å². The summed E-state index contributed by atoms with van der Waals surface area (Å²) in [5, 5.41) is 3.48. The number of rotatable bonds is 2. The van der Waals surface area contributed by atoms with Gasteiger partial charge in [-0.25, -0.2) is 4.39 Å². The molecule has 1 N–H and O–H groups in total. The van der Waals surface area contributed by atoms with E-state index in [-0.39, 0.29) is 5.82 Å². The van der Waals surface area contributed by atoms with Crippen LogP contribution in [0.25, 0.3) is 0 Å². The van der Waals surface area contributed by atoms with E-state index in [2.05, 4.69) is 12.2 Å². The molecule has 1 aliphatic rings. The first-order valence-electron chi connectivity index (χ1n) is 5.30. The lowest BCUT2D eigenvalue weighted by molar-refractivity contribution is 0.530. The highest BCUT2D eigenvalue weighted by Gasteiger charge is 2.26.